The zero-order valence-corrected chi connectivity index (χ0v) is 10.1. The molecule has 0 spiro atoms. The van der Waals surface area contributed by atoms with Crippen molar-refractivity contribution >= 4 is 23.1 Å². The molecule has 0 bridgehead atoms. The minimum atomic E-state index is 0.183. The van der Waals surface area contributed by atoms with Crippen molar-refractivity contribution < 1.29 is 0 Å². The van der Waals surface area contributed by atoms with Gasteiger partial charge in [-0.3, -0.25) is 4.68 Å². The van der Waals surface area contributed by atoms with Gasteiger partial charge in [0.15, 0.2) is 5.82 Å². The molecule has 0 saturated carbocycles. The van der Waals surface area contributed by atoms with Crippen molar-refractivity contribution in [1.29, 1.82) is 0 Å². The van der Waals surface area contributed by atoms with E-state index in [1.807, 2.05) is 17.8 Å². The first kappa shape index (κ1) is 11.7. The Morgan fingerprint density at radius 2 is 2.35 bits per heavy atom. The number of nitrogen functional groups attached to an aromatic ring is 1. The normalized spacial score (nSPS) is 10.5. The van der Waals surface area contributed by atoms with Crippen LogP contribution in [0.3, 0.4) is 0 Å². The van der Waals surface area contributed by atoms with Gasteiger partial charge in [0, 0.05) is 31.9 Å². The van der Waals surface area contributed by atoms with Crippen LogP contribution < -0.4 is 11.1 Å². The van der Waals surface area contributed by atoms with Gasteiger partial charge in [0.1, 0.15) is 0 Å². The topological polar surface area (TPSA) is 81.7 Å². The number of anilines is 2. The molecule has 0 atom stereocenters. The Hall–Kier alpha value is -1.82. The number of nitrogens with two attached hydrogens (primary N) is 1. The van der Waals surface area contributed by atoms with Gasteiger partial charge in [-0.2, -0.15) is 10.1 Å². The number of halogens is 1. The highest BCUT2D eigenvalue weighted by Crippen LogP contribution is 2.15. The summed E-state index contributed by atoms with van der Waals surface area (Å²) < 4.78 is 1.83. The summed E-state index contributed by atoms with van der Waals surface area (Å²) in [6.45, 7) is 0.705. The van der Waals surface area contributed by atoms with Gasteiger partial charge in [0.05, 0.1) is 11.9 Å². The predicted octanol–water partition coefficient (Wildman–Crippen LogP) is 1.10. The third-order valence-electron chi connectivity index (χ3n) is 2.38. The molecule has 2 rings (SSSR count). The highest BCUT2D eigenvalue weighted by molar-refractivity contribution is 6.28. The number of hydrogen-bond acceptors (Lipinski definition) is 5. The van der Waals surface area contributed by atoms with E-state index in [-0.39, 0.29) is 5.28 Å². The molecule has 0 aliphatic rings. The summed E-state index contributed by atoms with van der Waals surface area (Å²) >= 11 is 5.69. The summed E-state index contributed by atoms with van der Waals surface area (Å²) in [6, 6.07) is 1.97. The summed E-state index contributed by atoms with van der Waals surface area (Å²) in [5.74, 6) is 0.562. The molecule has 6 nitrogen and oxygen atoms in total. The fraction of sp³-hybridized carbons (Fsp3) is 0.300. The van der Waals surface area contributed by atoms with E-state index in [0.29, 0.717) is 18.1 Å². The van der Waals surface area contributed by atoms with Gasteiger partial charge in [-0.25, -0.2) is 4.98 Å². The maximum atomic E-state index is 5.72. The maximum absolute atomic E-state index is 5.72. The quantitative estimate of drug-likeness (QED) is 0.797. The van der Waals surface area contributed by atoms with Crippen LogP contribution in [0.25, 0.3) is 0 Å². The number of nitrogens with one attached hydrogen (secondary N) is 1. The molecule has 3 N–H and O–H groups in total. The number of aromatic nitrogens is 4. The molecule has 7 heteroatoms. The fourth-order valence-electron chi connectivity index (χ4n) is 1.47. The fourth-order valence-corrected chi connectivity index (χ4v) is 1.60. The van der Waals surface area contributed by atoms with E-state index in [1.165, 1.54) is 6.20 Å². The maximum Gasteiger partial charge on any atom is 0.224 e. The lowest BCUT2D eigenvalue weighted by Crippen LogP contribution is -2.11. The lowest BCUT2D eigenvalue weighted by Gasteiger charge is -2.08. The molecule has 0 saturated heterocycles. The first-order chi connectivity index (χ1) is 8.16. The number of hydrogen-bond donors (Lipinski definition) is 2. The van der Waals surface area contributed by atoms with Crippen molar-refractivity contribution in [1.82, 2.24) is 19.7 Å². The Morgan fingerprint density at radius 1 is 1.53 bits per heavy atom. The summed E-state index contributed by atoms with van der Waals surface area (Å²) in [7, 11) is 1.91. The first-order valence-electron chi connectivity index (χ1n) is 5.15. The van der Waals surface area contributed by atoms with Crippen molar-refractivity contribution in [2.24, 2.45) is 7.05 Å². The van der Waals surface area contributed by atoms with Gasteiger partial charge in [-0.15, -0.1) is 0 Å². The van der Waals surface area contributed by atoms with Crippen molar-refractivity contribution in [3.05, 3.63) is 29.4 Å². The van der Waals surface area contributed by atoms with Crippen LogP contribution in [0.15, 0.2) is 18.5 Å². The molecule has 0 fully saturated rings. The zero-order chi connectivity index (χ0) is 12.3. The van der Waals surface area contributed by atoms with E-state index in [4.69, 9.17) is 17.3 Å². The van der Waals surface area contributed by atoms with Gasteiger partial charge < -0.3 is 11.1 Å². The van der Waals surface area contributed by atoms with Gasteiger partial charge in [-0.1, -0.05) is 0 Å². The second-order valence-electron chi connectivity index (χ2n) is 3.57. The van der Waals surface area contributed by atoms with Crippen LogP contribution in [0.4, 0.5) is 11.5 Å². The zero-order valence-electron chi connectivity index (χ0n) is 9.39. The highest BCUT2D eigenvalue weighted by Gasteiger charge is 2.03. The Labute approximate surface area is 104 Å². The van der Waals surface area contributed by atoms with Gasteiger partial charge in [-0.05, 0) is 17.7 Å². The number of nitrogens with zero attached hydrogens (tertiary/aromatic N) is 4. The molecule has 0 aliphatic carbocycles. The van der Waals surface area contributed by atoms with Gasteiger partial charge in [0.2, 0.25) is 5.28 Å². The number of aryl methyl sites for hydroxylation is 1. The van der Waals surface area contributed by atoms with Crippen LogP contribution in [0.2, 0.25) is 5.28 Å². The Kier molecular flexibility index (Phi) is 3.43. The molecule has 90 valence electrons. The SMILES string of the molecule is Cn1nccc1CCNc1nc(Cl)ncc1N. The number of rotatable bonds is 4. The first-order valence-corrected chi connectivity index (χ1v) is 5.53. The summed E-state index contributed by atoms with van der Waals surface area (Å²) in [5, 5.41) is 7.39. The minimum Gasteiger partial charge on any atom is -0.394 e. The molecular formula is C10H13ClN6. The smallest absolute Gasteiger partial charge is 0.224 e. The highest BCUT2D eigenvalue weighted by atomic mass is 35.5. The van der Waals surface area contributed by atoms with Crippen LogP contribution in [0.1, 0.15) is 5.69 Å². The van der Waals surface area contributed by atoms with E-state index in [2.05, 4.69) is 20.4 Å². The summed E-state index contributed by atoms with van der Waals surface area (Å²) in [4.78, 5) is 7.80. The Morgan fingerprint density at radius 3 is 3.06 bits per heavy atom. The molecule has 2 aromatic rings. The average Bonchev–Trinajstić information content (AvgIpc) is 2.70. The van der Waals surface area contributed by atoms with Crippen molar-refractivity contribution in [3.63, 3.8) is 0 Å². The summed E-state index contributed by atoms with van der Waals surface area (Å²) in [5.41, 5.74) is 7.34. The monoisotopic (exact) mass is 252 g/mol. The molecule has 0 aliphatic heterocycles. The Bertz CT molecular complexity index is 509. The largest absolute Gasteiger partial charge is 0.394 e. The minimum absolute atomic E-state index is 0.183. The van der Waals surface area contributed by atoms with E-state index < -0.39 is 0 Å². The lowest BCUT2D eigenvalue weighted by atomic mass is 10.3. The molecular weight excluding hydrogens is 240 g/mol. The van der Waals surface area contributed by atoms with Crippen molar-refractivity contribution in [2.75, 3.05) is 17.6 Å². The Balaban J connectivity index is 1.94. The third kappa shape index (κ3) is 2.85. The molecule has 0 aromatic carbocycles. The van der Waals surface area contributed by atoms with Gasteiger partial charge >= 0.3 is 0 Å². The van der Waals surface area contributed by atoms with E-state index in [9.17, 15) is 0 Å². The van der Waals surface area contributed by atoms with E-state index in [1.54, 1.807) is 6.20 Å². The standard InChI is InChI=1S/C10H13ClN6/c1-17-7(3-5-15-17)2-4-13-9-8(12)6-14-10(11)16-9/h3,5-6H,2,4,12H2,1H3,(H,13,14,16). The molecule has 17 heavy (non-hydrogen) atoms. The van der Waals surface area contributed by atoms with Crippen molar-refractivity contribution in [2.45, 2.75) is 6.42 Å². The molecule has 0 amide bonds. The average molecular weight is 253 g/mol. The molecule has 0 radical (unpaired) electrons. The van der Waals surface area contributed by atoms with E-state index >= 15 is 0 Å². The second-order valence-corrected chi connectivity index (χ2v) is 3.90. The molecule has 2 heterocycles. The molecule has 2 aromatic heterocycles. The van der Waals surface area contributed by atoms with Crippen LogP contribution in [0, 0.1) is 0 Å². The van der Waals surface area contributed by atoms with Gasteiger partial charge in [0.25, 0.3) is 0 Å². The van der Waals surface area contributed by atoms with Crippen LogP contribution in [-0.4, -0.2) is 26.3 Å². The third-order valence-corrected chi connectivity index (χ3v) is 2.57. The second kappa shape index (κ2) is 5.01. The lowest BCUT2D eigenvalue weighted by molar-refractivity contribution is 0.711. The predicted molar refractivity (Wildman–Crippen MR) is 66.9 cm³/mol. The van der Waals surface area contributed by atoms with Crippen LogP contribution >= 0.6 is 11.6 Å². The van der Waals surface area contributed by atoms with Crippen LogP contribution in [0.5, 0.6) is 0 Å². The van der Waals surface area contributed by atoms with Crippen LogP contribution in [-0.2, 0) is 13.5 Å². The summed E-state index contributed by atoms with van der Waals surface area (Å²) in [6.07, 6.45) is 4.09. The van der Waals surface area contributed by atoms with Crippen molar-refractivity contribution in [3.8, 4) is 0 Å². The van der Waals surface area contributed by atoms with E-state index in [0.717, 1.165) is 12.1 Å². The molecule has 0 unspecified atom stereocenters.